The van der Waals surface area contributed by atoms with Crippen LogP contribution < -0.4 is 11.5 Å². The van der Waals surface area contributed by atoms with Crippen molar-refractivity contribution in [2.45, 2.75) is 31.1 Å². The zero-order valence-electron chi connectivity index (χ0n) is 18.2. The fourth-order valence-corrected chi connectivity index (χ4v) is 5.54. The number of nitrogens with two attached hydrogens (primary N) is 2. The lowest BCUT2D eigenvalue weighted by Crippen LogP contribution is -2.70. The van der Waals surface area contributed by atoms with E-state index in [1.807, 2.05) is 0 Å². The van der Waals surface area contributed by atoms with Crippen LogP contribution in [0.4, 0.5) is 5.69 Å². The van der Waals surface area contributed by atoms with Gasteiger partial charge >= 0.3 is 0 Å². The number of anilines is 1. The normalized spacial score (nSPS) is 31.5. The van der Waals surface area contributed by atoms with Crippen LogP contribution in [0.15, 0.2) is 23.0 Å². The van der Waals surface area contributed by atoms with E-state index in [9.17, 15) is 39.9 Å². The molecule has 0 spiro atoms. The van der Waals surface area contributed by atoms with E-state index >= 15 is 0 Å². The lowest BCUT2D eigenvalue weighted by molar-refractivity contribution is -0.168. The Morgan fingerprint density at radius 1 is 1.21 bits per heavy atom. The molecule has 1 saturated carbocycles. The number of aliphatic hydroxyl groups is 4. The molecule has 3 unspecified atom stereocenters. The first-order valence-electron chi connectivity index (χ1n) is 10.2. The molecule has 1 aromatic carbocycles. The predicted molar refractivity (Wildman–Crippen MR) is 115 cm³/mol. The second-order valence-electron chi connectivity index (χ2n) is 9.03. The van der Waals surface area contributed by atoms with Crippen LogP contribution in [-0.4, -0.2) is 79.7 Å². The summed E-state index contributed by atoms with van der Waals surface area (Å²) in [5, 5.41) is 55.1. The maximum Gasteiger partial charge on any atom is 0.255 e. The molecule has 33 heavy (non-hydrogen) atoms. The number of nitrogen functional groups attached to an aromatic ring is 1. The molecule has 0 bridgehead atoms. The van der Waals surface area contributed by atoms with Gasteiger partial charge in [-0.2, -0.15) is 0 Å². The average molecular weight is 459 g/mol. The van der Waals surface area contributed by atoms with Crippen molar-refractivity contribution < 1.29 is 39.9 Å². The Bertz CT molecular complexity index is 1200. The molecular formula is C22H25N3O8. The van der Waals surface area contributed by atoms with E-state index in [2.05, 4.69) is 0 Å². The van der Waals surface area contributed by atoms with Gasteiger partial charge in [0.1, 0.15) is 22.8 Å². The van der Waals surface area contributed by atoms with Gasteiger partial charge in [0.05, 0.1) is 29.3 Å². The predicted octanol–water partition coefficient (Wildman–Crippen LogP) is -1.17. The summed E-state index contributed by atoms with van der Waals surface area (Å²) in [4.78, 5) is 39.9. The number of aromatic hydroxyl groups is 1. The fourth-order valence-electron chi connectivity index (χ4n) is 5.54. The van der Waals surface area contributed by atoms with Crippen molar-refractivity contribution in [3.63, 3.8) is 0 Å². The summed E-state index contributed by atoms with van der Waals surface area (Å²) in [6.07, 6.45) is -1.62. The van der Waals surface area contributed by atoms with Crippen LogP contribution in [-0.2, 0) is 20.8 Å². The third kappa shape index (κ3) is 2.70. The van der Waals surface area contributed by atoms with Crippen LogP contribution in [0.3, 0.4) is 0 Å². The number of nitrogens with zero attached hydrogens (tertiary/aromatic N) is 1. The van der Waals surface area contributed by atoms with Crippen molar-refractivity contribution in [1.29, 1.82) is 0 Å². The van der Waals surface area contributed by atoms with Gasteiger partial charge < -0.3 is 37.0 Å². The second-order valence-corrected chi connectivity index (χ2v) is 9.03. The lowest BCUT2D eigenvalue weighted by Gasteiger charge is -2.52. The molecule has 9 N–H and O–H groups in total. The van der Waals surface area contributed by atoms with Crippen molar-refractivity contribution in [3.8, 4) is 5.75 Å². The number of hydrogen-bond acceptors (Lipinski definition) is 10. The number of likely N-dealkylation sites (N-methyl/N-ethyl adjacent to an activating group) is 1. The Balaban J connectivity index is 2.06. The quantitative estimate of drug-likeness (QED) is 0.160. The number of amides is 1. The van der Waals surface area contributed by atoms with Crippen LogP contribution >= 0.6 is 0 Å². The molecule has 1 fully saturated rings. The molecule has 3 aliphatic carbocycles. The van der Waals surface area contributed by atoms with Gasteiger partial charge in [-0.15, -0.1) is 0 Å². The maximum absolute atomic E-state index is 13.6. The molecule has 0 heterocycles. The highest BCUT2D eigenvalue weighted by molar-refractivity contribution is 6.24. The van der Waals surface area contributed by atoms with Gasteiger partial charge in [0.2, 0.25) is 5.78 Å². The third-order valence-corrected chi connectivity index (χ3v) is 7.06. The maximum atomic E-state index is 13.6. The topological polar surface area (TPSA) is 208 Å². The van der Waals surface area contributed by atoms with Crippen molar-refractivity contribution in [1.82, 2.24) is 4.90 Å². The van der Waals surface area contributed by atoms with Crippen LogP contribution in [0.2, 0.25) is 0 Å². The van der Waals surface area contributed by atoms with E-state index in [1.165, 1.54) is 25.1 Å². The molecule has 1 aromatic rings. The molecule has 0 aromatic heterocycles. The minimum Gasteiger partial charge on any atom is -0.508 e. The molecular weight excluding hydrogens is 434 g/mol. The van der Waals surface area contributed by atoms with E-state index in [1.54, 1.807) is 6.92 Å². The van der Waals surface area contributed by atoms with E-state index in [-0.39, 0.29) is 17.7 Å². The number of carbonyl (C=O) groups excluding carboxylic acids is 3. The number of phenolic OH excluding ortho intramolecular Hbond substituents is 1. The largest absolute Gasteiger partial charge is 0.508 e. The molecule has 0 aliphatic heterocycles. The van der Waals surface area contributed by atoms with Gasteiger partial charge in [-0.05, 0) is 44.6 Å². The lowest BCUT2D eigenvalue weighted by atomic mass is 9.56. The summed E-state index contributed by atoms with van der Waals surface area (Å²) in [5.74, 6) is -8.60. The van der Waals surface area contributed by atoms with E-state index in [0.717, 1.165) is 0 Å². The second kappa shape index (κ2) is 7.04. The summed E-state index contributed by atoms with van der Waals surface area (Å²) in [6.45, 7) is 1.68. The highest BCUT2D eigenvalue weighted by atomic mass is 16.4. The Labute approximate surface area is 188 Å². The molecule has 11 heteroatoms. The highest BCUT2D eigenvalue weighted by Crippen LogP contribution is 2.53. The zero-order chi connectivity index (χ0) is 24.7. The average Bonchev–Trinajstić information content (AvgIpc) is 2.71. The zero-order valence-corrected chi connectivity index (χ0v) is 18.2. The number of aliphatic hydroxyl groups excluding tert-OH is 3. The number of primary amides is 1. The molecule has 5 atom stereocenters. The van der Waals surface area contributed by atoms with Crippen LogP contribution in [0.5, 0.6) is 5.75 Å². The Hall–Kier alpha value is -3.41. The number of rotatable bonds is 2. The summed E-state index contributed by atoms with van der Waals surface area (Å²) < 4.78 is 0. The molecule has 4 rings (SSSR count). The van der Waals surface area contributed by atoms with Crippen LogP contribution in [0.25, 0.3) is 5.76 Å². The minimum atomic E-state index is -2.92. The van der Waals surface area contributed by atoms with E-state index in [0.29, 0.717) is 11.1 Å². The smallest absolute Gasteiger partial charge is 0.255 e. The summed E-state index contributed by atoms with van der Waals surface area (Å²) in [7, 11) is 2.90. The fraction of sp³-hybridized carbons (Fsp3) is 0.409. The van der Waals surface area contributed by atoms with Gasteiger partial charge in [-0.25, -0.2) is 0 Å². The SMILES string of the molecule is Cc1cc(N)c(O)c2c1CC1C(=C2O)C(=O)[C@]2(O)C(O)=C(C(N)=O)C(=O)[C@@H](N(C)C)C2C1O. The number of carbonyl (C=O) groups is 3. The number of phenols is 1. The first-order valence-corrected chi connectivity index (χ1v) is 10.2. The van der Waals surface area contributed by atoms with Crippen molar-refractivity contribution >= 4 is 28.9 Å². The van der Waals surface area contributed by atoms with Crippen molar-refractivity contribution in [3.05, 3.63) is 39.7 Å². The molecule has 11 nitrogen and oxygen atoms in total. The number of aryl methyl sites for hydroxylation is 1. The Kier molecular flexibility index (Phi) is 4.86. The van der Waals surface area contributed by atoms with Crippen molar-refractivity contribution in [2.24, 2.45) is 17.6 Å². The minimum absolute atomic E-state index is 0.0185. The number of ketones is 2. The van der Waals surface area contributed by atoms with Crippen LogP contribution in [0, 0.1) is 18.8 Å². The van der Waals surface area contributed by atoms with Gasteiger partial charge in [-0.3, -0.25) is 19.3 Å². The monoisotopic (exact) mass is 459 g/mol. The molecule has 3 aliphatic rings. The highest BCUT2D eigenvalue weighted by Gasteiger charge is 2.67. The number of hydrogen-bond donors (Lipinski definition) is 7. The third-order valence-electron chi connectivity index (χ3n) is 7.06. The number of Topliss-reactive ketones (excluding diaryl/α,β-unsaturated/α-hetero) is 2. The number of fused-ring (bicyclic) bond motifs is 3. The first kappa shape index (κ1) is 22.8. The van der Waals surface area contributed by atoms with Gasteiger partial charge in [0.15, 0.2) is 11.4 Å². The first-order chi connectivity index (χ1) is 15.3. The van der Waals surface area contributed by atoms with Crippen LogP contribution in [0.1, 0.15) is 16.7 Å². The molecule has 0 radical (unpaired) electrons. The van der Waals surface area contributed by atoms with E-state index < -0.39 is 75.5 Å². The van der Waals surface area contributed by atoms with Crippen molar-refractivity contribution in [2.75, 3.05) is 19.8 Å². The standard InChI is InChI=1S/C22H25N3O8/c1-6-4-9(23)16(27)10-7(6)5-8-11(17(10)28)19(30)22(33)13(15(8)26)14(25(2)3)18(29)12(20(22)31)21(24)32/h4,8,13-15,26-28,31,33H,5,23H2,1-3H3,(H2,24,32)/t8?,13?,14-,15?,22-/m0/s1. The van der Waals surface area contributed by atoms with E-state index in [4.69, 9.17) is 11.5 Å². The summed E-state index contributed by atoms with van der Waals surface area (Å²) in [6, 6.07) is 0.110. The summed E-state index contributed by atoms with van der Waals surface area (Å²) in [5.41, 5.74) is 7.60. The molecule has 0 saturated heterocycles. The summed E-state index contributed by atoms with van der Waals surface area (Å²) >= 11 is 0. The number of benzene rings is 1. The Morgan fingerprint density at radius 3 is 2.36 bits per heavy atom. The molecule has 1 amide bonds. The molecule has 176 valence electrons. The van der Waals surface area contributed by atoms with Gasteiger partial charge in [-0.1, -0.05) is 0 Å². The van der Waals surface area contributed by atoms with Gasteiger partial charge in [0, 0.05) is 11.5 Å². The van der Waals surface area contributed by atoms with Gasteiger partial charge in [0.25, 0.3) is 5.91 Å². The Morgan fingerprint density at radius 2 is 1.82 bits per heavy atom.